The van der Waals surface area contributed by atoms with Gasteiger partial charge in [-0.1, -0.05) is 50.3 Å². The Hall–Kier alpha value is -1.58. The largest absolute Gasteiger partial charge is 0.494 e. The molecular formula is C27H38N2O. The quantitative estimate of drug-likeness (QED) is 0.650. The summed E-state index contributed by atoms with van der Waals surface area (Å²) in [6.45, 7) is 3.17. The standard InChI is InChI=1S/C27H38N2O/c1-29-16-5-8-23(29)14-17-30-24-11-12-25-22(19-24)10-9-21-13-15-28-26(27(21)25)18-20-6-3-2-4-7-20/h9-12,19-20,23,26,28H,2-8,13-18H2,1H3. The van der Waals surface area contributed by atoms with Gasteiger partial charge in [0.25, 0.3) is 0 Å². The maximum Gasteiger partial charge on any atom is 0.119 e. The van der Waals surface area contributed by atoms with Crippen molar-refractivity contribution in [1.82, 2.24) is 10.2 Å². The molecule has 2 fully saturated rings. The summed E-state index contributed by atoms with van der Waals surface area (Å²) < 4.78 is 6.17. The third-order valence-electron chi connectivity index (χ3n) is 7.94. The molecule has 5 rings (SSSR count). The SMILES string of the molecule is CN1CCCC1CCOc1ccc2c3c(ccc2c1)CCNC3CC1CCCCC1. The zero-order valence-electron chi connectivity index (χ0n) is 18.7. The number of hydrogen-bond donors (Lipinski definition) is 1. The van der Waals surface area contributed by atoms with E-state index >= 15 is 0 Å². The summed E-state index contributed by atoms with van der Waals surface area (Å²) in [4.78, 5) is 2.48. The molecule has 3 aliphatic rings. The van der Waals surface area contributed by atoms with Gasteiger partial charge in [-0.15, -0.1) is 0 Å². The predicted molar refractivity (Wildman–Crippen MR) is 125 cm³/mol. The highest BCUT2D eigenvalue weighted by atomic mass is 16.5. The van der Waals surface area contributed by atoms with Crippen molar-refractivity contribution in [3.05, 3.63) is 41.5 Å². The average Bonchev–Trinajstić information content (AvgIpc) is 3.19. The molecule has 2 heterocycles. The molecule has 2 atom stereocenters. The molecule has 2 aromatic carbocycles. The van der Waals surface area contributed by atoms with Gasteiger partial charge >= 0.3 is 0 Å². The fourth-order valence-electron chi connectivity index (χ4n) is 6.19. The van der Waals surface area contributed by atoms with Crippen LogP contribution in [-0.2, 0) is 6.42 Å². The summed E-state index contributed by atoms with van der Waals surface area (Å²) in [7, 11) is 2.24. The molecule has 0 spiro atoms. The molecule has 0 aromatic heterocycles. The topological polar surface area (TPSA) is 24.5 Å². The lowest BCUT2D eigenvalue weighted by Gasteiger charge is -2.32. The molecular weight excluding hydrogens is 368 g/mol. The molecule has 0 radical (unpaired) electrons. The van der Waals surface area contributed by atoms with E-state index in [0.717, 1.165) is 37.7 Å². The highest BCUT2D eigenvalue weighted by Gasteiger charge is 2.26. The van der Waals surface area contributed by atoms with Crippen molar-refractivity contribution in [2.75, 3.05) is 26.7 Å². The maximum absolute atomic E-state index is 6.17. The molecule has 0 bridgehead atoms. The molecule has 2 aliphatic heterocycles. The lowest BCUT2D eigenvalue weighted by molar-refractivity contribution is 0.233. The van der Waals surface area contributed by atoms with E-state index in [0.29, 0.717) is 12.1 Å². The van der Waals surface area contributed by atoms with E-state index in [9.17, 15) is 0 Å². The van der Waals surface area contributed by atoms with Crippen molar-refractivity contribution in [1.29, 1.82) is 0 Å². The number of rotatable bonds is 6. The first-order valence-corrected chi connectivity index (χ1v) is 12.4. The minimum atomic E-state index is 0.519. The number of nitrogens with one attached hydrogen (secondary N) is 1. The highest BCUT2D eigenvalue weighted by Crippen LogP contribution is 2.38. The predicted octanol–water partition coefficient (Wildman–Crippen LogP) is 5.86. The van der Waals surface area contributed by atoms with E-state index in [1.54, 1.807) is 11.1 Å². The molecule has 30 heavy (non-hydrogen) atoms. The molecule has 0 amide bonds. The number of hydrogen-bond acceptors (Lipinski definition) is 3. The maximum atomic E-state index is 6.17. The summed E-state index contributed by atoms with van der Waals surface area (Å²) in [5, 5.41) is 6.63. The summed E-state index contributed by atoms with van der Waals surface area (Å²) >= 11 is 0. The Bertz CT molecular complexity index is 857. The van der Waals surface area contributed by atoms with Crippen LogP contribution in [0.3, 0.4) is 0 Å². The Labute approximate surface area is 182 Å². The smallest absolute Gasteiger partial charge is 0.119 e. The molecule has 162 valence electrons. The Morgan fingerprint density at radius 3 is 2.77 bits per heavy atom. The Morgan fingerprint density at radius 2 is 1.93 bits per heavy atom. The molecule has 3 nitrogen and oxygen atoms in total. The lowest BCUT2D eigenvalue weighted by atomic mass is 9.80. The molecule has 1 saturated heterocycles. The Kier molecular flexibility index (Phi) is 6.29. The van der Waals surface area contributed by atoms with Crippen molar-refractivity contribution in [3.63, 3.8) is 0 Å². The molecule has 1 saturated carbocycles. The number of benzene rings is 2. The fourth-order valence-corrected chi connectivity index (χ4v) is 6.19. The average molecular weight is 407 g/mol. The van der Waals surface area contributed by atoms with E-state index in [1.165, 1.54) is 68.7 Å². The van der Waals surface area contributed by atoms with Gasteiger partial charge in [0.2, 0.25) is 0 Å². The third kappa shape index (κ3) is 4.38. The van der Waals surface area contributed by atoms with Crippen molar-refractivity contribution >= 4 is 10.8 Å². The summed E-state index contributed by atoms with van der Waals surface area (Å²) in [5.74, 6) is 1.92. The van der Waals surface area contributed by atoms with Crippen LogP contribution in [0.25, 0.3) is 10.8 Å². The first-order chi connectivity index (χ1) is 14.8. The third-order valence-corrected chi connectivity index (χ3v) is 7.94. The van der Waals surface area contributed by atoms with Crippen LogP contribution < -0.4 is 10.1 Å². The molecule has 3 heteroatoms. The van der Waals surface area contributed by atoms with Crippen molar-refractivity contribution < 1.29 is 4.74 Å². The number of ether oxygens (including phenoxy) is 1. The van der Waals surface area contributed by atoms with Gasteiger partial charge in [-0.05, 0) is 92.2 Å². The van der Waals surface area contributed by atoms with Gasteiger partial charge in [-0.2, -0.15) is 0 Å². The van der Waals surface area contributed by atoms with Crippen LogP contribution in [0.2, 0.25) is 0 Å². The summed E-state index contributed by atoms with van der Waals surface area (Å²) in [6.07, 6.45) is 13.4. The van der Waals surface area contributed by atoms with Crippen molar-refractivity contribution in [2.24, 2.45) is 5.92 Å². The normalized spacial score (nSPS) is 25.5. The van der Waals surface area contributed by atoms with E-state index in [4.69, 9.17) is 4.74 Å². The first kappa shape index (κ1) is 20.3. The second kappa shape index (κ2) is 9.28. The van der Waals surface area contributed by atoms with E-state index in [2.05, 4.69) is 47.6 Å². The van der Waals surface area contributed by atoms with Gasteiger partial charge in [-0.3, -0.25) is 0 Å². The Balaban J connectivity index is 1.31. The fraction of sp³-hybridized carbons (Fsp3) is 0.630. The van der Waals surface area contributed by atoms with E-state index in [1.807, 2.05) is 0 Å². The number of likely N-dealkylation sites (tertiary alicyclic amines) is 1. The molecule has 2 aromatic rings. The zero-order chi connectivity index (χ0) is 20.3. The van der Waals surface area contributed by atoms with Gasteiger partial charge in [0.15, 0.2) is 0 Å². The van der Waals surface area contributed by atoms with Crippen LogP contribution >= 0.6 is 0 Å². The van der Waals surface area contributed by atoms with Crippen LogP contribution in [0.4, 0.5) is 0 Å². The number of nitrogens with zero attached hydrogens (tertiary/aromatic N) is 1. The summed E-state index contributed by atoms with van der Waals surface area (Å²) in [5.41, 5.74) is 3.13. The van der Waals surface area contributed by atoms with Crippen LogP contribution in [0.5, 0.6) is 5.75 Å². The van der Waals surface area contributed by atoms with Gasteiger partial charge in [0.05, 0.1) is 6.61 Å². The minimum absolute atomic E-state index is 0.519. The van der Waals surface area contributed by atoms with Gasteiger partial charge < -0.3 is 15.0 Å². The monoisotopic (exact) mass is 406 g/mol. The van der Waals surface area contributed by atoms with E-state index in [-0.39, 0.29) is 0 Å². The van der Waals surface area contributed by atoms with Crippen molar-refractivity contribution in [2.45, 2.75) is 76.3 Å². The van der Waals surface area contributed by atoms with Gasteiger partial charge in [0, 0.05) is 12.1 Å². The van der Waals surface area contributed by atoms with Crippen LogP contribution in [0.1, 0.15) is 75.0 Å². The minimum Gasteiger partial charge on any atom is -0.494 e. The number of fused-ring (bicyclic) bond motifs is 3. The first-order valence-electron chi connectivity index (χ1n) is 12.4. The van der Waals surface area contributed by atoms with Gasteiger partial charge in [-0.25, -0.2) is 0 Å². The highest BCUT2D eigenvalue weighted by molar-refractivity contribution is 5.88. The van der Waals surface area contributed by atoms with Crippen LogP contribution in [0.15, 0.2) is 30.3 Å². The lowest BCUT2D eigenvalue weighted by Crippen LogP contribution is -2.31. The Morgan fingerprint density at radius 1 is 1.03 bits per heavy atom. The van der Waals surface area contributed by atoms with E-state index < -0.39 is 0 Å². The van der Waals surface area contributed by atoms with Crippen molar-refractivity contribution in [3.8, 4) is 5.75 Å². The van der Waals surface area contributed by atoms with Crippen LogP contribution in [0, 0.1) is 5.92 Å². The molecule has 1 aliphatic carbocycles. The molecule has 2 unspecified atom stereocenters. The zero-order valence-corrected chi connectivity index (χ0v) is 18.7. The van der Waals surface area contributed by atoms with Crippen LogP contribution in [-0.4, -0.2) is 37.7 Å². The second-order valence-electron chi connectivity index (χ2n) is 9.93. The summed E-state index contributed by atoms with van der Waals surface area (Å²) in [6, 6.07) is 12.7. The second-order valence-corrected chi connectivity index (χ2v) is 9.93. The van der Waals surface area contributed by atoms with Gasteiger partial charge in [0.1, 0.15) is 5.75 Å². The molecule has 1 N–H and O–H groups in total.